The number of nitrogens with zero attached hydrogens (tertiary/aromatic N) is 4. The molecule has 0 aliphatic carbocycles. The van der Waals surface area contributed by atoms with Crippen LogP contribution in [0.5, 0.6) is 5.75 Å². The number of aliphatic hydroxyl groups is 1. The molecule has 0 saturated carbocycles. The predicted molar refractivity (Wildman–Crippen MR) is 158 cm³/mol. The average Bonchev–Trinajstić information content (AvgIpc) is 3.36. The SMILES string of the molecule is C[C@@H]1CN([C@H](C)CO)C(=O)c2cc(NS(C)(=O)=O)ccc2O[C@@H](C)CCCCO[C@H]1CN(C)S(=O)(=O)c1cn(C)cn1. The monoisotopic (exact) mass is 629 g/mol. The molecule has 1 aromatic carbocycles. The second-order valence-electron chi connectivity index (χ2n) is 11.0. The van der Waals surface area contributed by atoms with E-state index < -0.39 is 38.1 Å². The van der Waals surface area contributed by atoms with Crippen LogP contribution in [-0.2, 0) is 31.8 Å². The molecule has 2 N–H and O–H groups in total. The molecular formula is C27H43N5O8S2. The van der Waals surface area contributed by atoms with E-state index in [-0.39, 0.29) is 48.0 Å². The molecular weight excluding hydrogens is 586 g/mol. The number of carbonyl (C=O) groups excluding carboxylic acids is 1. The summed E-state index contributed by atoms with van der Waals surface area (Å²) in [6, 6.07) is 3.92. The van der Waals surface area contributed by atoms with Crippen molar-refractivity contribution >= 4 is 31.6 Å². The highest BCUT2D eigenvalue weighted by Crippen LogP contribution is 2.29. The van der Waals surface area contributed by atoms with E-state index in [0.717, 1.165) is 12.7 Å². The number of imidazole rings is 1. The molecule has 0 fully saturated rings. The van der Waals surface area contributed by atoms with E-state index >= 15 is 0 Å². The number of carbonyl (C=O) groups is 1. The molecule has 2 heterocycles. The Kier molecular flexibility index (Phi) is 11.4. The Hall–Kier alpha value is -2.72. The van der Waals surface area contributed by atoms with Gasteiger partial charge in [0.25, 0.3) is 15.9 Å². The number of rotatable bonds is 8. The van der Waals surface area contributed by atoms with Gasteiger partial charge in [0, 0.05) is 51.6 Å². The van der Waals surface area contributed by atoms with Crippen molar-refractivity contribution in [1.82, 2.24) is 18.8 Å². The molecule has 0 bridgehead atoms. The second kappa shape index (κ2) is 14.2. The van der Waals surface area contributed by atoms with Crippen LogP contribution in [0.25, 0.3) is 0 Å². The highest BCUT2D eigenvalue weighted by atomic mass is 32.2. The summed E-state index contributed by atoms with van der Waals surface area (Å²) >= 11 is 0. The number of aryl methyl sites for hydroxylation is 1. The van der Waals surface area contributed by atoms with Crippen LogP contribution >= 0.6 is 0 Å². The van der Waals surface area contributed by atoms with Gasteiger partial charge in [0.05, 0.1) is 43.0 Å². The van der Waals surface area contributed by atoms with E-state index in [1.54, 1.807) is 24.6 Å². The first-order valence-electron chi connectivity index (χ1n) is 13.9. The van der Waals surface area contributed by atoms with Gasteiger partial charge < -0.3 is 24.0 Å². The maximum absolute atomic E-state index is 14.1. The lowest BCUT2D eigenvalue weighted by atomic mass is 10.0. The van der Waals surface area contributed by atoms with Crippen molar-refractivity contribution in [2.75, 3.05) is 44.3 Å². The quantitative estimate of drug-likeness (QED) is 0.445. The molecule has 0 saturated heterocycles. The summed E-state index contributed by atoms with van der Waals surface area (Å²) in [6.07, 6.45) is 5.20. The molecule has 0 spiro atoms. The summed E-state index contributed by atoms with van der Waals surface area (Å²) in [4.78, 5) is 19.5. The minimum atomic E-state index is -3.89. The first kappa shape index (κ1) is 33.8. The van der Waals surface area contributed by atoms with Gasteiger partial charge in [-0.1, -0.05) is 6.92 Å². The Morgan fingerprint density at radius 3 is 2.55 bits per heavy atom. The van der Waals surface area contributed by atoms with Crippen molar-refractivity contribution in [1.29, 1.82) is 0 Å². The Morgan fingerprint density at radius 1 is 1.21 bits per heavy atom. The molecule has 15 heteroatoms. The fourth-order valence-electron chi connectivity index (χ4n) is 4.70. The molecule has 1 amide bonds. The Bertz CT molecular complexity index is 1430. The number of benzene rings is 1. The minimum absolute atomic E-state index is 0.0220. The van der Waals surface area contributed by atoms with Crippen LogP contribution in [0, 0.1) is 5.92 Å². The third-order valence-electron chi connectivity index (χ3n) is 7.15. The van der Waals surface area contributed by atoms with E-state index in [1.165, 1.54) is 40.9 Å². The molecule has 13 nitrogen and oxygen atoms in total. The zero-order chi connectivity index (χ0) is 31.2. The van der Waals surface area contributed by atoms with E-state index in [0.29, 0.717) is 25.2 Å². The highest BCUT2D eigenvalue weighted by molar-refractivity contribution is 7.92. The molecule has 1 aliphatic rings. The summed E-state index contributed by atoms with van der Waals surface area (Å²) in [5, 5.41) is 9.99. The van der Waals surface area contributed by atoms with E-state index in [4.69, 9.17) is 9.47 Å². The van der Waals surface area contributed by atoms with E-state index in [2.05, 4.69) is 9.71 Å². The van der Waals surface area contributed by atoms with Crippen LogP contribution in [0.3, 0.4) is 0 Å². The molecule has 2 aromatic rings. The van der Waals surface area contributed by atoms with Gasteiger partial charge in [-0.05, 0) is 51.3 Å². The van der Waals surface area contributed by atoms with Gasteiger partial charge in [0.1, 0.15) is 5.75 Å². The van der Waals surface area contributed by atoms with Crippen LogP contribution in [-0.4, -0.2) is 104 Å². The minimum Gasteiger partial charge on any atom is -0.490 e. The van der Waals surface area contributed by atoms with Crippen molar-refractivity contribution in [2.45, 2.75) is 63.3 Å². The number of aromatic nitrogens is 2. The smallest absolute Gasteiger partial charge is 0.261 e. The molecule has 42 heavy (non-hydrogen) atoms. The van der Waals surface area contributed by atoms with Crippen LogP contribution in [0.1, 0.15) is 50.4 Å². The lowest BCUT2D eigenvalue weighted by molar-refractivity contribution is -0.00835. The first-order chi connectivity index (χ1) is 19.6. The number of hydrogen-bond acceptors (Lipinski definition) is 9. The summed E-state index contributed by atoms with van der Waals surface area (Å²) in [7, 11) is -4.34. The number of ether oxygens (including phenoxy) is 2. The van der Waals surface area contributed by atoms with Gasteiger partial charge >= 0.3 is 0 Å². The molecule has 236 valence electrons. The Morgan fingerprint density at radius 2 is 1.93 bits per heavy atom. The van der Waals surface area contributed by atoms with Crippen LogP contribution in [0.15, 0.2) is 35.7 Å². The lowest BCUT2D eigenvalue weighted by Crippen LogP contribution is -2.48. The summed E-state index contributed by atoms with van der Waals surface area (Å²) in [6.45, 7) is 5.66. The zero-order valence-electron chi connectivity index (χ0n) is 25.1. The number of aliphatic hydroxyl groups excluding tert-OH is 1. The van der Waals surface area contributed by atoms with E-state index in [9.17, 15) is 26.7 Å². The van der Waals surface area contributed by atoms with E-state index in [1.807, 2.05) is 13.8 Å². The maximum atomic E-state index is 14.1. The van der Waals surface area contributed by atoms with Gasteiger partial charge in [-0.2, -0.15) is 4.31 Å². The largest absolute Gasteiger partial charge is 0.490 e. The standard InChI is InChI=1S/C27H43N5O8S2/c1-19-14-32(20(2)17-33)27(34)23-13-22(29-41(6,35)36)10-11-24(23)40-21(3)9-7-8-12-39-25(19)15-31(5)42(37,38)26-16-30(4)18-28-26/h10-11,13,16,18-21,25,29,33H,7-9,12,14-15,17H2,1-6H3/t19-,20-,21+,25+/m1/s1. The second-order valence-corrected chi connectivity index (χ2v) is 14.8. The van der Waals surface area contributed by atoms with Crippen molar-refractivity contribution in [2.24, 2.45) is 13.0 Å². The van der Waals surface area contributed by atoms with Gasteiger partial charge in [-0.3, -0.25) is 9.52 Å². The van der Waals surface area contributed by atoms with Crippen LogP contribution in [0.4, 0.5) is 5.69 Å². The number of anilines is 1. The maximum Gasteiger partial charge on any atom is 0.261 e. The summed E-state index contributed by atoms with van der Waals surface area (Å²) in [5.74, 6) is -0.513. The van der Waals surface area contributed by atoms with Crippen molar-refractivity contribution in [3.8, 4) is 5.75 Å². The summed E-state index contributed by atoms with van der Waals surface area (Å²) < 4.78 is 67.7. The van der Waals surface area contributed by atoms with Crippen molar-refractivity contribution in [3.63, 3.8) is 0 Å². The van der Waals surface area contributed by atoms with Gasteiger partial charge in [-0.15, -0.1) is 0 Å². The van der Waals surface area contributed by atoms with Gasteiger partial charge in [-0.25, -0.2) is 21.8 Å². The number of hydrogen-bond donors (Lipinski definition) is 2. The number of nitrogens with one attached hydrogen (secondary N) is 1. The number of amides is 1. The van der Waals surface area contributed by atoms with Gasteiger partial charge in [0.15, 0.2) is 5.03 Å². The highest BCUT2D eigenvalue weighted by Gasteiger charge is 2.33. The fourth-order valence-corrected chi connectivity index (χ4v) is 6.39. The summed E-state index contributed by atoms with van der Waals surface area (Å²) in [5.41, 5.74) is 0.349. The first-order valence-corrected chi connectivity index (χ1v) is 17.2. The topological polar surface area (TPSA) is 160 Å². The Labute approximate surface area is 248 Å². The number of sulfonamides is 2. The molecule has 0 unspecified atom stereocenters. The van der Waals surface area contributed by atoms with Crippen LogP contribution < -0.4 is 9.46 Å². The van der Waals surface area contributed by atoms with Crippen molar-refractivity contribution < 1.29 is 36.2 Å². The third-order valence-corrected chi connectivity index (χ3v) is 9.46. The predicted octanol–water partition coefficient (Wildman–Crippen LogP) is 1.91. The fraction of sp³-hybridized carbons (Fsp3) is 0.630. The molecule has 1 aromatic heterocycles. The Balaban J connectivity index is 1.98. The molecule has 3 rings (SSSR count). The third kappa shape index (κ3) is 8.89. The lowest BCUT2D eigenvalue weighted by Gasteiger charge is -2.35. The number of fused-ring (bicyclic) bond motifs is 1. The van der Waals surface area contributed by atoms with Crippen LogP contribution in [0.2, 0.25) is 0 Å². The number of likely N-dealkylation sites (N-methyl/N-ethyl adjacent to an activating group) is 1. The normalized spacial score (nSPS) is 22.2. The van der Waals surface area contributed by atoms with Gasteiger partial charge in [0.2, 0.25) is 10.0 Å². The zero-order valence-corrected chi connectivity index (χ0v) is 26.7. The molecule has 1 aliphatic heterocycles. The molecule has 0 radical (unpaired) electrons. The molecule has 4 atom stereocenters. The van der Waals surface area contributed by atoms with Crippen molar-refractivity contribution in [3.05, 3.63) is 36.3 Å². The average molecular weight is 630 g/mol.